The van der Waals surface area contributed by atoms with Gasteiger partial charge in [0.1, 0.15) is 5.82 Å². The summed E-state index contributed by atoms with van der Waals surface area (Å²) < 4.78 is 5.65. The van der Waals surface area contributed by atoms with Crippen LogP contribution in [0.15, 0.2) is 71.1 Å². The van der Waals surface area contributed by atoms with Crippen LogP contribution in [0.4, 0.5) is 11.4 Å². The molecule has 2 aromatic rings. The average Bonchev–Trinajstić information content (AvgIpc) is 2.64. The van der Waals surface area contributed by atoms with Crippen LogP contribution < -0.4 is 11.1 Å². The predicted molar refractivity (Wildman–Crippen MR) is 103 cm³/mol. The molecular formula is C20H24N4O. The highest BCUT2D eigenvalue weighted by molar-refractivity contribution is 5.70. The van der Waals surface area contributed by atoms with Crippen LogP contribution in [0.1, 0.15) is 18.9 Å². The summed E-state index contributed by atoms with van der Waals surface area (Å²) in [6.07, 6.45) is 2.69. The van der Waals surface area contributed by atoms with Crippen LogP contribution in [-0.4, -0.2) is 24.4 Å². The monoisotopic (exact) mass is 336 g/mol. The summed E-state index contributed by atoms with van der Waals surface area (Å²) in [6.45, 7) is 3.94. The number of nitrogens with two attached hydrogens (primary N) is 1. The van der Waals surface area contributed by atoms with E-state index in [0.29, 0.717) is 25.4 Å². The molecule has 130 valence electrons. The number of nitrogen functional groups attached to an aromatic ring is 1. The number of hydrogen-bond donors (Lipinski definition) is 2. The third-order valence-electron chi connectivity index (χ3n) is 4.02. The van der Waals surface area contributed by atoms with E-state index in [0.717, 1.165) is 23.5 Å². The van der Waals surface area contributed by atoms with Crippen molar-refractivity contribution in [2.45, 2.75) is 19.9 Å². The van der Waals surface area contributed by atoms with Gasteiger partial charge in [0.15, 0.2) is 0 Å². The van der Waals surface area contributed by atoms with Crippen LogP contribution in [0.5, 0.6) is 0 Å². The van der Waals surface area contributed by atoms with Crippen molar-refractivity contribution >= 4 is 17.6 Å². The maximum absolute atomic E-state index is 6.11. The van der Waals surface area contributed by atoms with E-state index in [9.17, 15) is 0 Å². The Labute approximate surface area is 148 Å². The van der Waals surface area contributed by atoms with Gasteiger partial charge in [0.2, 0.25) is 0 Å². The van der Waals surface area contributed by atoms with E-state index in [2.05, 4.69) is 22.6 Å². The SMILES string of the molecule is CCOCC1=C(Nc2ccccc2N)N(Cc2ccccc2)N=CC1. The lowest BCUT2D eigenvalue weighted by Gasteiger charge is -2.29. The molecule has 0 aromatic heterocycles. The van der Waals surface area contributed by atoms with Gasteiger partial charge in [-0.3, -0.25) is 0 Å². The molecule has 0 atom stereocenters. The summed E-state index contributed by atoms with van der Waals surface area (Å²) in [5.41, 5.74) is 10.0. The van der Waals surface area contributed by atoms with E-state index in [4.69, 9.17) is 10.5 Å². The van der Waals surface area contributed by atoms with E-state index in [-0.39, 0.29) is 0 Å². The first kappa shape index (κ1) is 17.0. The molecule has 0 bridgehead atoms. The number of nitrogens with one attached hydrogen (secondary N) is 1. The lowest BCUT2D eigenvalue weighted by molar-refractivity contribution is 0.166. The van der Waals surface area contributed by atoms with E-state index in [1.807, 2.05) is 60.6 Å². The lowest BCUT2D eigenvalue weighted by Crippen LogP contribution is -2.28. The number of rotatable bonds is 7. The predicted octanol–water partition coefficient (Wildman–Crippen LogP) is 3.82. The summed E-state index contributed by atoms with van der Waals surface area (Å²) >= 11 is 0. The molecule has 3 rings (SSSR count). The summed E-state index contributed by atoms with van der Waals surface area (Å²) in [5.74, 6) is 0.942. The Morgan fingerprint density at radius 1 is 1.12 bits per heavy atom. The van der Waals surface area contributed by atoms with Gasteiger partial charge in [-0.05, 0) is 24.6 Å². The smallest absolute Gasteiger partial charge is 0.129 e. The Kier molecular flexibility index (Phi) is 5.69. The minimum absolute atomic E-state index is 0.572. The average molecular weight is 336 g/mol. The van der Waals surface area contributed by atoms with Crippen molar-refractivity contribution in [2.24, 2.45) is 5.10 Å². The number of para-hydroxylation sites is 2. The van der Waals surface area contributed by atoms with Crippen LogP contribution in [0.25, 0.3) is 0 Å². The van der Waals surface area contributed by atoms with Gasteiger partial charge in [-0.1, -0.05) is 42.5 Å². The fourth-order valence-corrected chi connectivity index (χ4v) is 2.71. The molecule has 0 fully saturated rings. The summed E-state index contributed by atoms with van der Waals surface area (Å²) in [4.78, 5) is 0. The molecule has 1 aliphatic rings. The molecule has 3 N–H and O–H groups in total. The Morgan fingerprint density at radius 3 is 2.64 bits per heavy atom. The molecule has 5 nitrogen and oxygen atoms in total. The van der Waals surface area contributed by atoms with E-state index < -0.39 is 0 Å². The Bertz CT molecular complexity index is 755. The zero-order valence-corrected chi connectivity index (χ0v) is 14.5. The molecule has 0 saturated carbocycles. The molecule has 0 saturated heterocycles. The highest BCUT2D eigenvalue weighted by Gasteiger charge is 2.19. The molecule has 0 unspecified atom stereocenters. The highest BCUT2D eigenvalue weighted by atomic mass is 16.5. The first-order valence-corrected chi connectivity index (χ1v) is 8.53. The number of hydrogen-bond acceptors (Lipinski definition) is 5. The summed E-state index contributed by atoms with van der Waals surface area (Å²) in [5, 5.41) is 10.0. The second kappa shape index (κ2) is 8.35. The topological polar surface area (TPSA) is 62.9 Å². The second-order valence-corrected chi connectivity index (χ2v) is 5.85. The van der Waals surface area contributed by atoms with Gasteiger partial charge in [0.05, 0.1) is 24.5 Å². The largest absolute Gasteiger partial charge is 0.397 e. The molecule has 2 aromatic carbocycles. The Hall–Kier alpha value is -2.79. The first-order valence-electron chi connectivity index (χ1n) is 8.53. The van der Waals surface area contributed by atoms with E-state index in [1.54, 1.807) is 0 Å². The van der Waals surface area contributed by atoms with Crippen LogP contribution >= 0.6 is 0 Å². The standard InChI is InChI=1S/C20H24N4O/c1-2-25-15-17-12-13-22-24(14-16-8-4-3-5-9-16)20(17)23-19-11-7-6-10-18(19)21/h3-11,13,23H,2,12,14-15,21H2,1H3. The van der Waals surface area contributed by atoms with Crippen molar-refractivity contribution in [1.82, 2.24) is 5.01 Å². The van der Waals surface area contributed by atoms with Gasteiger partial charge in [0, 0.05) is 24.8 Å². The van der Waals surface area contributed by atoms with Gasteiger partial charge >= 0.3 is 0 Å². The normalized spacial score (nSPS) is 14.0. The van der Waals surface area contributed by atoms with Crippen molar-refractivity contribution in [3.05, 3.63) is 71.6 Å². The Morgan fingerprint density at radius 2 is 1.88 bits per heavy atom. The molecule has 1 heterocycles. The maximum atomic E-state index is 6.11. The highest BCUT2D eigenvalue weighted by Crippen LogP contribution is 2.26. The second-order valence-electron chi connectivity index (χ2n) is 5.85. The third-order valence-corrected chi connectivity index (χ3v) is 4.02. The number of hydrazone groups is 1. The molecule has 0 aliphatic carbocycles. The van der Waals surface area contributed by atoms with Crippen LogP contribution in [0, 0.1) is 0 Å². The zero-order valence-electron chi connectivity index (χ0n) is 14.5. The number of benzene rings is 2. The number of anilines is 2. The lowest BCUT2D eigenvalue weighted by atomic mass is 10.1. The van der Waals surface area contributed by atoms with Gasteiger partial charge in [-0.15, -0.1) is 0 Å². The number of ether oxygens (including phenoxy) is 1. The van der Waals surface area contributed by atoms with Gasteiger partial charge < -0.3 is 15.8 Å². The van der Waals surface area contributed by atoms with Crippen molar-refractivity contribution in [3.8, 4) is 0 Å². The molecule has 0 amide bonds. The van der Waals surface area contributed by atoms with E-state index in [1.165, 1.54) is 5.56 Å². The quantitative estimate of drug-likeness (QED) is 0.755. The van der Waals surface area contributed by atoms with Crippen molar-refractivity contribution in [3.63, 3.8) is 0 Å². The van der Waals surface area contributed by atoms with Crippen molar-refractivity contribution in [1.29, 1.82) is 0 Å². The zero-order chi connectivity index (χ0) is 17.5. The van der Waals surface area contributed by atoms with Gasteiger partial charge in [-0.25, -0.2) is 5.01 Å². The number of nitrogens with zero attached hydrogens (tertiary/aromatic N) is 2. The molecule has 1 aliphatic heterocycles. The van der Waals surface area contributed by atoms with E-state index >= 15 is 0 Å². The van der Waals surface area contributed by atoms with Gasteiger partial charge in [0.25, 0.3) is 0 Å². The van der Waals surface area contributed by atoms with Crippen LogP contribution in [0.2, 0.25) is 0 Å². The van der Waals surface area contributed by atoms with Crippen molar-refractivity contribution < 1.29 is 4.74 Å². The summed E-state index contributed by atoms with van der Waals surface area (Å²) in [7, 11) is 0. The molecule has 5 heteroatoms. The molecular weight excluding hydrogens is 312 g/mol. The maximum Gasteiger partial charge on any atom is 0.129 e. The fraction of sp³-hybridized carbons (Fsp3) is 0.250. The molecule has 0 radical (unpaired) electrons. The van der Waals surface area contributed by atoms with Crippen molar-refractivity contribution in [2.75, 3.05) is 24.3 Å². The third kappa shape index (κ3) is 4.39. The molecule has 0 spiro atoms. The minimum Gasteiger partial charge on any atom is -0.397 e. The summed E-state index contributed by atoms with van der Waals surface area (Å²) in [6, 6.07) is 18.0. The molecule has 25 heavy (non-hydrogen) atoms. The fourth-order valence-electron chi connectivity index (χ4n) is 2.71. The van der Waals surface area contributed by atoms with Crippen LogP contribution in [-0.2, 0) is 11.3 Å². The minimum atomic E-state index is 0.572. The van der Waals surface area contributed by atoms with Gasteiger partial charge in [-0.2, -0.15) is 5.10 Å². The Balaban J connectivity index is 1.88. The van der Waals surface area contributed by atoms with Crippen LogP contribution in [0.3, 0.4) is 0 Å². The first-order chi connectivity index (χ1) is 12.3.